The summed E-state index contributed by atoms with van der Waals surface area (Å²) in [5.41, 5.74) is 0.828. The summed E-state index contributed by atoms with van der Waals surface area (Å²) in [5, 5.41) is 0. The predicted molar refractivity (Wildman–Crippen MR) is 108 cm³/mol. The average Bonchev–Trinajstić information content (AvgIpc) is 3.03. The molecule has 0 aromatic heterocycles. The Kier molecular flexibility index (Phi) is 5.59. The van der Waals surface area contributed by atoms with Gasteiger partial charge in [0.15, 0.2) is 11.5 Å². The molecule has 0 radical (unpaired) electrons. The maximum absolute atomic E-state index is 14.3. The first-order chi connectivity index (χ1) is 14.4. The number of hydrogen-bond donors (Lipinski definition) is 0. The van der Waals surface area contributed by atoms with Crippen LogP contribution in [-0.2, 0) is 16.8 Å². The molecule has 2 heterocycles. The lowest BCUT2D eigenvalue weighted by Gasteiger charge is -2.26. The smallest absolute Gasteiger partial charge is 0.231 e. The van der Waals surface area contributed by atoms with Gasteiger partial charge in [-0.3, -0.25) is 0 Å². The quantitative estimate of drug-likeness (QED) is 0.478. The molecule has 0 fully saturated rings. The highest BCUT2D eigenvalue weighted by atomic mass is 19.2. The van der Waals surface area contributed by atoms with Crippen molar-refractivity contribution in [3.05, 3.63) is 83.4 Å². The van der Waals surface area contributed by atoms with Crippen LogP contribution in [0.1, 0.15) is 25.0 Å². The fraction of sp³-hybridized carbons (Fsp3) is 0.250. The molecule has 0 spiro atoms. The van der Waals surface area contributed by atoms with E-state index in [1.807, 2.05) is 68.4 Å². The van der Waals surface area contributed by atoms with Crippen molar-refractivity contribution < 1.29 is 27.7 Å². The summed E-state index contributed by atoms with van der Waals surface area (Å²) in [4.78, 5) is 0. The van der Waals surface area contributed by atoms with Gasteiger partial charge in [0.1, 0.15) is 11.5 Å². The standard InChI is InChI=1S/C24H22F2O4/c1-24(2,19-12-20-21(25)22(26)23(19)29-15-28-20)14-27-13-16-7-6-10-18(11-16)30-17-8-4-3-5-9-17/h3-12H,13-15H2,1-2H3. The van der Waals surface area contributed by atoms with Gasteiger partial charge in [-0.1, -0.05) is 44.2 Å². The van der Waals surface area contributed by atoms with E-state index in [9.17, 15) is 8.78 Å². The van der Waals surface area contributed by atoms with E-state index < -0.39 is 17.0 Å². The van der Waals surface area contributed by atoms with Crippen LogP contribution in [0.4, 0.5) is 8.78 Å². The Bertz CT molecular complexity index is 1030. The summed E-state index contributed by atoms with van der Waals surface area (Å²) in [6, 6.07) is 18.6. The van der Waals surface area contributed by atoms with Gasteiger partial charge in [-0.25, -0.2) is 0 Å². The van der Waals surface area contributed by atoms with E-state index in [4.69, 9.17) is 18.9 Å². The molecule has 2 aliphatic rings. The predicted octanol–water partition coefficient (Wildman–Crippen LogP) is 5.98. The van der Waals surface area contributed by atoms with Gasteiger partial charge >= 0.3 is 0 Å². The number of rotatable bonds is 7. The van der Waals surface area contributed by atoms with Crippen LogP contribution in [0.2, 0.25) is 0 Å². The van der Waals surface area contributed by atoms with E-state index in [1.54, 1.807) is 0 Å². The Labute approximate surface area is 174 Å². The van der Waals surface area contributed by atoms with E-state index in [2.05, 4.69) is 0 Å². The number of hydrogen-bond acceptors (Lipinski definition) is 4. The number of halogens is 2. The Hall–Kier alpha value is -3.12. The molecule has 0 aliphatic carbocycles. The second-order valence-corrected chi connectivity index (χ2v) is 7.73. The minimum Gasteiger partial charge on any atom is -0.457 e. The first-order valence-electron chi connectivity index (χ1n) is 9.62. The fourth-order valence-electron chi connectivity index (χ4n) is 3.31. The topological polar surface area (TPSA) is 36.9 Å². The second kappa shape index (κ2) is 8.32. The Morgan fingerprint density at radius 3 is 2.47 bits per heavy atom. The number of benzene rings is 3. The van der Waals surface area contributed by atoms with Gasteiger partial charge in [0.25, 0.3) is 0 Å². The molecule has 0 unspecified atom stereocenters. The van der Waals surface area contributed by atoms with E-state index in [0.29, 0.717) is 17.9 Å². The molecule has 3 aromatic rings. The highest BCUT2D eigenvalue weighted by Gasteiger charge is 2.33. The van der Waals surface area contributed by atoms with Crippen LogP contribution in [0.3, 0.4) is 0 Å². The Morgan fingerprint density at radius 1 is 0.900 bits per heavy atom. The van der Waals surface area contributed by atoms with E-state index in [-0.39, 0.29) is 24.9 Å². The van der Waals surface area contributed by atoms with E-state index in [0.717, 1.165) is 11.3 Å². The van der Waals surface area contributed by atoms with Crippen LogP contribution in [0.25, 0.3) is 0 Å². The van der Waals surface area contributed by atoms with E-state index in [1.165, 1.54) is 6.07 Å². The van der Waals surface area contributed by atoms with Gasteiger partial charge < -0.3 is 18.9 Å². The highest BCUT2D eigenvalue weighted by Crippen LogP contribution is 2.41. The first kappa shape index (κ1) is 20.2. The minimum absolute atomic E-state index is 0.124. The van der Waals surface area contributed by atoms with Crippen LogP contribution in [-0.4, -0.2) is 13.4 Å². The number of para-hydroxylation sites is 1. The molecule has 156 valence electrons. The molecule has 3 aromatic carbocycles. The molecule has 0 amide bonds. The molecule has 30 heavy (non-hydrogen) atoms. The zero-order valence-electron chi connectivity index (χ0n) is 16.8. The Balaban J connectivity index is 1.43. The molecule has 0 saturated carbocycles. The SMILES string of the molecule is CC(C)(COCc1cccc(Oc2ccccc2)c1)c1cc2c(F)c(F)c1OCO2. The first-order valence-corrected chi connectivity index (χ1v) is 9.62. The molecular formula is C24H22F2O4. The molecule has 0 saturated heterocycles. The monoisotopic (exact) mass is 412 g/mol. The molecule has 4 nitrogen and oxygen atoms in total. The van der Waals surface area contributed by atoms with Gasteiger partial charge in [-0.2, -0.15) is 8.78 Å². The van der Waals surface area contributed by atoms with Crippen LogP contribution in [0.5, 0.6) is 23.0 Å². The van der Waals surface area contributed by atoms with Crippen LogP contribution >= 0.6 is 0 Å². The summed E-state index contributed by atoms with van der Waals surface area (Å²) >= 11 is 0. The lowest BCUT2D eigenvalue weighted by molar-refractivity contribution is 0.0797. The minimum atomic E-state index is -1.03. The third kappa shape index (κ3) is 4.24. The van der Waals surface area contributed by atoms with Crippen molar-refractivity contribution >= 4 is 0 Å². The molecule has 0 atom stereocenters. The van der Waals surface area contributed by atoms with Gasteiger partial charge in [-0.15, -0.1) is 0 Å². The van der Waals surface area contributed by atoms with Gasteiger partial charge in [-0.05, 0) is 35.9 Å². The highest BCUT2D eigenvalue weighted by molar-refractivity contribution is 5.47. The molecule has 6 heteroatoms. The lowest BCUT2D eigenvalue weighted by Crippen LogP contribution is -2.25. The second-order valence-electron chi connectivity index (χ2n) is 7.73. The van der Waals surface area contributed by atoms with Crippen molar-refractivity contribution in [2.45, 2.75) is 25.9 Å². The van der Waals surface area contributed by atoms with Crippen molar-refractivity contribution in [1.29, 1.82) is 0 Å². The molecule has 2 bridgehead atoms. The normalized spacial score (nSPS) is 12.8. The number of ether oxygens (including phenoxy) is 4. The van der Waals surface area contributed by atoms with E-state index >= 15 is 0 Å². The third-order valence-electron chi connectivity index (χ3n) is 4.88. The third-order valence-corrected chi connectivity index (χ3v) is 4.88. The van der Waals surface area contributed by atoms with Crippen molar-refractivity contribution in [1.82, 2.24) is 0 Å². The zero-order valence-corrected chi connectivity index (χ0v) is 16.8. The van der Waals surface area contributed by atoms with Crippen molar-refractivity contribution in [2.75, 3.05) is 13.4 Å². The van der Waals surface area contributed by atoms with Gasteiger partial charge in [0, 0.05) is 11.0 Å². The van der Waals surface area contributed by atoms with Crippen LogP contribution < -0.4 is 14.2 Å². The maximum atomic E-state index is 14.3. The summed E-state index contributed by atoms with van der Waals surface area (Å²) < 4.78 is 50.3. The molecule has 0 N–H and O–H groups in total. The molecule has 5 rings (SSSR count). The summed E-state index contributed by atoms with van der Waals surface area (Å²) in [7, 11) is 0. The van der Waals surface area contributed by atoms with Crippen LogP contribution in [0, 0.1) is 11.6 Å². The van der Waals surface area contributed by atoms with Gasteiger partial charge in [0.05, 0.1) is 13.2 Å². The average molecular weight is 412 g/mol. The van der Waals surface area contributed by atoms with Crippen LogP contribution in [0.15, 0.2) is 60.7 Å². The summed E-state index contributed by atoms with van der Waals surface area (Å²) in [5.74, 6) is -0.864. The summed E-state index contributed by atoms with van der Waals surface area (Å²) in [6.07, 6.45) is 0. The molecular weight excluding hydrogens is 390 g/mol. The fourth-order valence-corrected chi connectivity index (χ4v) is 3.31. The van der Waals surface area contributed by atoms with Gasteiger partial charge in [0.2, 0.25) is 18.4 Å². The number of fused-ring (bicyclic) bond motifs is 4. The molecule has 2 aliphatic heterocycles. The lowest BCUT2D eigenvalue weighted by atomic mass is 9.84. The largest absolute Gasteiger partial charge is 0.457 e. The van der Waals surface area contributed by atoms with Crippen molar-refractivity contribution in [3.8, 4) is 23.0 Å². The van der Waals surface area contributed by atoms with Crippen molar-refractivity contribution in [2.24, 2.45) is 0 Å². The zero-order chi connectivity index (χ0) is 21.1. The Morgan fingerprint density at radius 2 is 1.67 bits per heavy atom. The summed E-state index contributed by atoms with van der Waals surface area (Å²) in [6.45, 7) is 4.17. The van der Waals surface area contributed by atoms with Crippen molar-refractivity contribution in [3.63, 3.8) is 0 Å². The maximum Gasteiger partial charge on any atom is 0.231 e.